The highest BCUT2D eigenvalue weighted by Gasteiger charge is 2.09. The van der Waals surface area contributed by atoms with Crippen LogP contribution >= 0.6 is 0 Å². The van der Waals surface area contributed by atoms with Gasteiger partial charge in [-0.1, -0.05) is 12.1 Å². The molecular weight excluding hydrogens is 234 g/mol. The van der Waals surface area contributed by atoms with Crippen LogP contribution in [-0.2, 0) is 9.59 Å². The number of hydrogen-bond donors (Lipinski definition) is 2. The predicted octanol–water partition coefficient (Wildman–Crippen LogP) is 2.28. The molecule has 18 heavy (non-hydrogen) atoms. The van der Waals surface area contributed by atoms with Crippen LogP contribution in [-0.4, -0.2) is 23.1 Å². The van der Waals surface area contributed by atoms with E-state index in [0.29, 0.717) is 11.4 Å². The Hall–Kier alpha value is -2.04. The summed E-state index contributed by atoms with van der Waals surface area (Å²) < 4.78 is 5.54. The quantitative estimate of drug-likeness (QED) is 0.813. The molecule has 0 unspecified atom stereocenters. The van der Waals surface area contributed by atoms with Crippen molar-refractivity contribution >= 4 is 17.6 Å². The first-order chi connectivity index (χ1) is 8.49. The lowest BCUT2D eigenvalue weighted by Crippen LogP contribution is -2.15. The summed E-state index contributed by atoms with van der Waals surface area (Å²) in [5.74, 6) is -0.745. The Morgan fingerprint density at radius 2 is 1.94 bits per heavy atom. The molecule has 0 aromatic heterocycles. The maximum atomic E-state index is 11.5. The van der Waals surface area contributed by atoms with Gasteiger partial charge in [0.15, 0.2) is 0 Å². The van der Waals surface area contributed by atoms with E-state index >= 15 is 0 Å². The third-order valence-electron chi connectivity index (χ3n) is 2.09. The van der Waals surface area contributed by atoms with Gasteiger partial charge in [-0.2, -0.15) is 0 Å². The number of carboxylic acids is 1. The van der Waals surface area contributed by atoms with Crippen LogP contribution in [0.25, 0.3) is 0 Å². The Balaban J connectivity index is 2.65. The van der Waals surface area contributed by atoms with Gasteiger partial charge < -0.3 is 15.2 Å². The summed E-state index contributed by atoms with van der Waals surface area (Å²) in [6.45, 7) is 3.78. The normalized spacial score (nSPS) is 10.2. The summed E-state index contributed by atoms with van der Waals surface area (Å²) in [4.78, 5) is 21.9. The number of aliphatic carboxylic acids is 1. The largest absolute Gasteiger partial charge is 0.489 e. The van der Waals surface area contributed by atoms with Gasteiger partial charge in [-0.3, -0.25) is 9.59 Å². The van der Waals surface area contributed by atoms with Gasteiger partial charge in [0.25, 0.3) is 0 Å². The molecule has 0 saturated heterocycles. The van der Waals surface area contributed by atoms with Crippen LogP contribution in [0.4, 0.5) is 5.69 Å². The van der Waals surface area contributed by atoms with E-state index in [1.807, 2.05) is 19.9 Å². The number of para-hydroxylation sites is 2. The molecule has 98 valence electrons. The monoisotopic (exact) mass is 251 g/mol. The third kappa shape index (κ3) is 4.86. The van der Waals surface area contributed by atoms with E-state index in [1.54, 1.807) is 18.2 Å². The first kappa shape index (κ1) is 14.0. The second-order valence-corrected chi connectivity index (χ2v) is 4.10. The molecule has 5 nitrogen and oxygen atoms in total. The van der Waals surface area contributed by atoms with E-state index in [1.165, 1.54) is 0 Å². The summed E-state index contributed by atoms with van der Waals surface area (Å²) in [5.41, 5.74) is 0.557. The van der Waals surface area contributed by atoms with E-state index in [4.69, 9.17) is 9.84 Å². The first-order valence-corrected chi connectivity index (χ1v) is 5.76. The fraction of sp³-hybridized carbons (Fsp3) is 0.385. The SMILES string of the molecule is CC(C)Oc1ccccc1NC(=O)CCC(=O)O. The van der Waals surface area contributed by atoms with Crippen molar-refractivity contribution in [3.8, 4) is 5.75 Å². The van der Waals surface area contributed by atoms with Crippen LogP contribution < -0.4 is 10.1 Å². The molecule has 0 bridgehead atoms. The number of nitrogens with one attached hydrogen (secondary N) is 1. The average molecular weight is 251 g/mol. The summed E-state index contributed by atoms with van der Waals surface area (Å²) in [6.07, 6.45) is -0.230. The van der Waals surface area contributed by atoms with Crippen LogP contribution in [0.5, 0.6) is 5.75 Å². The molecule has 5 heteroatoms. The minimum Gasteiger partial charge on any atom is -0.489 e. The van der Waals surface area contributed by atoms with Crippen LogP contribution in [0, 0.1) is 0 Å². The van der Waals surface area contributed by atoms with E-state index in [2.05, 4.69) is 5.32 Å². The molecule has 2 N–H and O–H groups in total. The van der Waals surface area contributed by atoms with Gasteiger partial charge in [0.2, 0.25) is 5.91 Å². The van der Waals surface area contributed by atoms with Crippen molar-refractivity contribution in [3.63, 3.8) is 0 Å². The van der Waals surface area contributed by atoms with Crippen LogP contribution in [0.1, 0.15) is 26.7 Å². The molecule has 0 fully saturated rings. The Kier molecular flexibility index (Phi) is 5.17. The number of anilines is 1. The molecule has 0 aliphatic rings. The van der Waals surface area contributed by atoms with Crippen molar-refractivity contribution in [3.05, 3.63) is 24.3 Å². The molecule has 1 aromatic rings. The second kappa shape index (κ2) is 6.64. The van der Waals surface area contributed by atoms with Gasteiger partial charge in [0, 0.05) is 6.42 Å². The molecule has 1 amide bonds. The average Bonchev–Trinajstić information content (AvgIpc) is 2.28. The molecule has 0 spiro atoms. The minimum absolute atomic E-state index is 0.00192. The third-order valence-corrected chi connectivity index (χ3v) is 2.09. The first-order valence-electron chi connectivity index (χ1n) is 5.76. The molecule has 0 aliphatic heterocycles. The summed E-state index contributed by atoms with van der Waals surface area (Å²) >= 11 is 0. The Labute approximate surface area is 106 Å². The Bertz CT molecular complexity index is 429. The van der Waals surface area contributed by atoms with Crippen LogP contribution in [0.15, 0.2) is 24.3 Å². The molecule has 0 atom stereocenters. The minimum atomic E-state index is -0.989. The summed E-state index contributed by atoms with van der Waals surface area (Å²) in [6, 6.07) is 7.06. The number of amides is 1. The van der Waals surface area contributed by atoms with Crippen molar-refractivity contribution in [2.75, 3.05) is 5.32 Å². The highest BCUT2D eigenvalue weighted by atomic mass is 16.5. The molecule has 1 rings (SSSR count). The zero-order valence-electron chi connectivity index (χ0n) is 10.5. The lowest BCUT2D eigenvalue weighted by Gasteiger charge is -2.14. The number of ether oxygens (including phenoxy) is 1. The van der Waals surface area contributed by atoms with Gasteiger partial charge >= 0.3 is 5.97 Å². The van der Waals surface area contributed by atoms with Gasteiger partial charge in [-0.25, -0.2) is 0 Å². The molecular formula is C13H17NO4. The van der Waals surface area contributed by atoms with Crippen molar-refractivity contribution in [2.45, 2.75) is 32.8 Å². The van der Waals surface area contributed by atoms with Gasteiger partial charge in [0.05, 0.1) is 18.2 Å². The predicted molar refractivity (Wildman–Crippen MR) is 67.7 cm³/mol. The number of hydrogen-bond acceptors (Lipinski definition) is 3. The number of rotatable bonds is 6. The smallest absolute Gasteiger partial charge is 0.303 e. The van der Waals surface area contributed by atoms with Gasteiger partial charge in [-0.15, -0.1) is 0 Å². The number of carbonyl (C=O) groups is 2. The number of carboxylic acid groups (broad SMARTS) is 1. The molecule has 0 aliphatic carbocycles. The Morgan fingerprint density at radius 1 is 1.28 bits per heavy atom. The van der Waals surface area contributed by atoms with E-state index in [-0.39, 0.29) is 24.9 Å². The molecule has 1 aromatic carbocycles. The zero-order valence-corrected chi connectivity index (χ0v) is 10.5. The van der Waals surface area contributed by atoms with E-state index in [9.17, 15) is 9.59 Å². The molecule has 0 saturated carbocycles. The summed E-state index contributed by atoms with van der Waals surface area (Å²) in [7, 11) is 0. The highest BCUT2D eigenvalue weighted by Crippen LogP contribution is 2.24. The van der Waals surface area contributed by atoms with Crippen molar-refractivity contribution in [1.29, 1.82) is 0 Å². The highest BCUT2D eigenvalue weighted by molar-refractivity contribution is 5.93. The fourth-order valence-corrected chi connectivity index (χ4v) is 1.36. The second-order valence-electron chi connectivity index (χ2n) is 4.10. The number of benzene rings is 1. The Morgan fingerprint density at radius 3 is 2.56 bits per heavy atom. The van der Waals surface area contributed by atoms with Crippen LogP contribution in [0.3, 0.4) is 0 Å². The molecule has 0 radical (unpaired) electrons. The topological polar surface area (TPSA) is 75.6 Å². The summed E-state index contributed by atoms with van der Waals surface area (Å²) in [5, 5.41) is 11.1. The number of carbonyl (C=O) groups excluding carboxylic acids is 1. The fourth-order valence-electron chi connectivity index (χ4n) is 1.36. The van der Waals surface area contributed by atoms with Crippen molar-refractivity contribution < 1.29 is 19.4 Å². The maximum absolute atomic E-state index is 11.5. The lowest BCUT2D eigenvalue weighted by molar-refractivity contribution is -0.138. The van der Waals surface area contributed by atoms with Gasteiger partial charge in [-0.05, 0) is 26.0 Å². The van der Waals surface area contributed by atoms with E-state index in [0.717, 1.165) is 0 Å². The van der Waals surface area contributed by atoms with Crippen LogP contribution in [0.2, 0.25) is 0 Å². The molecule has 0 heterocycles. The van der Waals surface area contributed by atoms with E-state index < -0.39 is 5.97 Å². The van der Waals surface area contributed by atoms with Crippen molar-refractivity contribution in [1.82, 2.24) is 0 Å². The van der Waals surface area contributed by atoms with Gasteiger partial charge in [0.1, 0.15) is 5.75 Å². The lowest BCUT2D eigenvalue weighted by atomic mass is 10.2. The standard InChI is InChI=1S/C13H17NO4/c1-9(2)18-11-6-4-3-5-10(11)14-12(15)7-8-13(16)17/h3-6,9H,7-8H2,1-2H3,(H,14,15)(H,16,17). The van der Waals surface area contributed by atoms with Crippen molar-refractivity contribution in [2.24, 2.45) is 0 Å². The zero-order chi connectivity index (χ0) is 13.5. The maximum Gasteiger partial charge on any atom is 0.303 e.